The van der Waals surface area contributed by atoms with Crippen LogP contribution in [0.1, 0.15) is 23.4 Å². The minimum atomic E-state index is -4.50. The number of aromatic nitrogens is 4. The van der Waals surface area contributed by atoms with E-state index in [-0.39, 0.29) is 17.8 Å². The topological polar surface area (TPSA) is 87.6 Å². The van der Waals surface area contributed by atoms with E-state index in [1.807, 2.05) is 0 Å². The summed E-state index contributed by atoms with van der Waals surface area (Å²) in [5, 5.41) is 16.3. The van der Waals surface area contributed by atoms with Crippen molar-refractivity contribution in [3.05, 3.63) is 59.7 Å². The Morgan fingerprint density at radius 2 is 2.00 bits per heavy atom. The van der Waals surface area contributed by atoms with Crippen molar-refractivity contribution in [1.29, 1.82) is 0 Å². The fraction of sp³-hybridized carbons (Fsp3) is 0.278. The molecule has 0 saturated carbocycles. The molecule has 0 aliphatic heterocycles. The van der Waals surface area contributed by atoms with E-state index in [1.165, 1.54) is 24.3 Å². The second-order valence-corrected chi connectivity index (χ2v) is 6.58. The number of fused-ring (bicyclic) bond motifs is 1. The number of benzene rings is 1. The van der Waals surface area contributed by atoms with Crippen LogP contribution in [0.3, 0.4) is 0 Å². The molecule has 146 valence electrons. The van der Waals surface area contributed by atoms with Crippen LogP contribution < -0.4 is 10.6 Å². The molecule has 28 heavy (non-hydrogen) atoms. The van der Waals surface area contributed by atoms with Crippen LogP contribution in [-0.2, 0) is 19.0 Å². The summed E-state index contributed by atoms with van der Waals surface area (Å²) in [6.07, 6.45) is 0.698. The fourth-order valence-electron chi connectivity index (χ4n) is 3.30. The second-order valence-electron chi connectivity index (χ2n) is 6.58. The van der Waals surface area contributed by atoms with Crippen LogP contribution in [0.4, 0.5) is 23.7 Å². The van der Waals surface area contributed by atoms with E-state index in [9.17, 15) is 18.0 Å². The average molecular weight is 390 g/mol. The molecule has 2 aromatic heterocycles. The molecule has 1 unspecified atom stereocenters. The molecular formula is C18H17F3N6O. The number of carbonyl (C=O) groups excluding carboxylic acids is 1. The minimum Gasteiger partial charge on any atom is -0.335 e. The van der Waals surface area contributed by atoms with E-state index in [4.69, 9.17) is 0 Å². The molecule has 3 aromatic rings. The monoisotopic (exact) mass is 390 g/mol. The van der Waals surface area contributed by atoms with Crippen LogP contribution in [0, 0.1) is 0 Å². The molecule has 0 fully saturated rings. The third-order valence-electron chi connectivity index (χ3n) is 4.65. The van der Waals surface area contributed by atoms with Crippen molar-refractivity contribution < 1.29 is 18.0 Å². The zero-order chi connectivity index (χ0) is 19.7. The zero-order valence-corrected chi connectivity index (χ0v) is 14.6. The average Bonchev–Trinajstić information content (AvgIpc) is 3.31. The number of aromatic amines is 1. The van der Waals surface area contributed by atoms with Gasteiger partial charge >= 0.3 is 12.2 Å². The third kappa shape index (κ3) is 3.71. The molecule has 0 radical (unpaired) electrons. The number of rotatable bonds is 3. The normalized spacial score (nSPS) is 16.5. The van der Waals surface area contributed by atoms with Gasteiger partial charge in [0.2, 0.25) is 0 Å². The van der Waals surface area contributed by atoms with Gasteiger partial charge in [-0.3, -0.25) is 5.10 Å². The summed E-state index contributed by atoms with van der Waals surface area (Å²) in [7, 11) is 0. The number of hydrogen-bond acceptors (Lipinski definition) is 3. The van der Waals surface area contributed by atoms with Crippen LogP contribution in [0.2, 0.25) is 0 Å². The first kappa shape index (κ1) is 18.1. The van der Waals surface area contributed by atoms with Crippen molar-refractivity contribution in [2.24, 2.45) is 0 Å². The van der Waals surface area contributed by atoms with Crippen LogP contribution >= 0.6 is 0 Å². The highest BCUT2D eigenvalue weighted by atomic mass is 19.4. The number of alkyl halides is 3. The fourth-order valence-corrected chi connectivity index (χ4v) is 3.30. The van der Waals surface area contributed by atoms with Gasteiger partial charge in [-0.1, -0.05) is 0 Å². The van der Waals surface area contributed by atoms with Crippen molar-refractivity contribution in [1.82, 2.24) is 25.3 Å². The van der Waals surface area contributed by atoms with Gasteiger partial charge in [0.05, 0.1) is 18.1 Å². The van der Waals surface area contributed by atoms with Gasteiger partial charge in [0.25, 0.3) is 0 Å². The Bertz CT molecular complexity index is 976. The van der Waals surface area contributed by atoms with Crippen molar-refractivity contribution in [2.45, 2.75) is 31.5 Å². The molecule has 2 amide bonds. The second kappa shape index (κ2) is 7.02. The summed E-state index contributed by atoms with van der Waals surface area (Å²) in [4.78, 5) is 12.2. The number of aryl methyl sites for hydroxylation is 1. The van der Waals surface area contributed by atoms with Crippen molar-refractivity contribution in [2.75, 3.05) is 5.32 Å². The number of halogens is 3. The maximum atomic E-state index is 13.0. The standard InChI is InChI=1S/C18H17F3N6O/c19-18(20,21)16-7-8-23-27(16)14-4-1-12(2-5-14)24-17(28)25-13-3-6-15-11(9-13)10-22-26-15/h1-2,4-5,7-8,10,13H,3,6,9H2,(H,22,26)(H2,24,25,28). The number of urea groups is 1. The highest BCUT2D eigenvalue weighted by Gasteiger charge is 2.35. The summed E-state index contributed by atoms with van der Waals surface area (Å²) < 4.78 is 39.8. The van der Waals surface area contributed by atoms with E-state index in [0.29, 0.717) is 12.1 Å². The van der Waals surface area contributed by atoms with Crippen molar-refractivity contribution in [3.8, 4) is 5.69 Å². The first-order valence-electron chi connectivity index (χ1n) is 8.70. The maximum Gasteiger partial charge on any atom is 0.433 e. The summed E-state index contributed by atoms with van der Waals surface area (Å²) in [6.45, 7) is 0. The molecule has 1 aromatic carbocycles. The molecule has 0 bridgehead atoms. The van der Waals surface area contributed by atoms with Gasteiger partial charge in [-0.25, -0.2) is 9.48 Å². The van der Waals surface area contributed by atoms with Gasteiger partial charge in [0.1, 0.15) is 5.69 Å². The Morgan fingerprint density at radius 1 is 1.21 bits per heavy atom. The van der Waals surface area contributed by atoms with Gasteiger partial charge < -0.3 is 10.6 Å². The first-order chi connectivity index (χ1) is 13.4. The molecule has 4 rings (SSSR count). The van der Waals surface area contributed by atoms with E-state index in [2.05, 4.69) is 25.9 Å². The molecule has 0 saturated heterocycles. The number of carbonyl (C=O) groups is 1. The summed E-state index contributed by atoms with van der Waals surface area (Å²) in [5.41, 5.74) is 2.07. The lowest BCUT2D eigenvalue weighted by molar-refractivity contribution is -0.142. The number of anilines is 1. The Morgan fingerprint density at radius 3 is 2.75 bits per heavy atom. The lowest BCUT2D eigenvalue weighted by atomic mass is 9.94. The van der Waals surface area contributed by atoms with Crippen LogP contribution in [0.5, 0.6) is 0 Å². The predicted molar refractivity (Wildman–Crippen MR) is 95.1 cm³/mol. The Kier molecular flexibility index (Phi) is 4.54. The quantitative estimate of drug-likeness (QED) is 0.641. The summed E-state index contributed by atoms with van der Waals surface area (Å²) in [5.74, 6) is 0. The molecule has 1 atom stereocenters. The number of hydrogen-bond donors (Lipinski definition) is 3. The summed E-state index contributed by atoms with van der Waals surface area (Å²) in [6, 6.07) is 6.56. The number of H-pyrrole nitrogens is 1. The lowest BCUT2D eigenvalue weighted by Gasteiger charge is -2.23. The van der Waals surface area contributed by atoms with Gasteiger partial charge in [-0.15, -0.1) is 0 Å². The minimum absolute atomic E-state index is 0.00258. The molecule has 7 nitrogen and oxygen atoms in total. The SMILES string of the molecule is O=C(Nc1ccc(-n2nccc2C(F)(F)F)cc1)NC1CCc2[nH]ncc2C1. The smallest absolute Gasteiger partial charge is 0.335 e. The molecule has 1 aliphatic carbocycles. The first-order valence-corrected chi connectivity index (χ1v) is 8.70. The van der Waals surface area contributed by atoms with E-state index >= 15 is 0 Å². The Balaban J connectivity index is 1.39. The van der Waals surface area contributed by atoms with Gasteiger partial charge in [-0.2, -0.15) is 23.4 Å². The number of nitrogens with one attached hydrogen (secondary N) is 3. The van der Waals surface area contributed by atoms with Gasteiger partial charge in [-0.05, 0) is 55.2 Å². The summed E-state index contributed by atoms with van der Waals surface area (Å²) >= 11 is 0. The predicted octanol–water partition coefficient (Wildman–Crippen LogP) is 3.29. The van der Waals surface area contributed by atoms with E-state index in [0.717, 1.165) is 41.0 Å². The highest BCUT2D eigenvalue weighted by Crippen LogP contribution is 2.30. The molecule has 3 N–H and O–H groups in total. The van der Waals surface area contributed by atoms with Crippen LogP contribution in [0.25, 0.3) is 5.69 Å². The highest BCUT2D eigenvalue weighted by molar-refractivity contribution is 5.89. The molecule has 0 spiro atoms. The lowest BCUT2D eigenvalue weighted by Crippen LogP contribution is -2.41. The Labute approximate surface area is 157 Å². The van der Waals surface area contributed by atoms with Gasteiger partial charge in [0.15, 0.2) is 0 Å². The molecule has 2 heterocycles. The number of amides is 2. The van der Waals surface area contributed by atoms with Crippen molar-refractivity contribution >= 4 is 11.7 Å². The van der Waals surface area contributed by atoms with E-state index in [1.54, 1.807) is 6.20 Å². The van der Waals surface area contributed by atoms with Crippen LogP contribution in [-0.4, -0.2) is 32.1 Å². The zero-order valence-electron chi connectivity index (χ0n) is 14.6. The Hall–Kier alpha value is -3.30. The maximum absolute atomic E-state index is 13.0. The van der Waals surface area contributed by atoms with Crippen LogP contribution in [0.15, 0.2) is 42.7 Å². The largest absolute Gasteiger partial charge is 0.433 e. The third-order valence-corrected chi connectivity index (χ3v) is 4.65. The molecular weight excluding hydrogens is 373 g/mol. The van der Waals surface area contributed by atoms with E-state index < -0.39 is 11.9 Å². The number of nitrogens with zero attached hydrogens (tertiary/aromatic N) is 3. The van der Waals surface area contributed by atoms with Gasteiger partial charge in [0, 0.05) is 17.4 Å². The van der Waals surface area contributed by atoms with Crippen molar-refractivity contribution in [3.63, 3.8) is 0 Å². The molecule has 10 heteroatoms. The molecule has 1 aliphatic rings.